The lowest BCUT2D eigenvalue weighted by Crippen LogP contribution is -2.44. The van der Waals surface area contributed by atoms with E-state index in [9.17, 15) is 4.79 Å². The molecule has 3 rings (SSSR count). The van der Waals surface area contributed by atoms with Gasteiger partial charge in [0.1, 0.15) is 5.52 Å². The minimum atomic E-state index is -0.982. The first-order valence-corrected chi connectivity index (χ1v) is 6.05. The molecule has 7 nitrogen and oxygen atoms in total. The molecular weight excluding hydrogens is 248 g/mol. The van der Waals surface area contributed by atoms with Crippen molar-refractivity contribution in [1.82, 2.24) is 19.9 Å². The van der Waals surface area contributed by atoms with Crippen LogP contribution >= 0.6 is 0 Å². The number of hydrogen-bond acceptors (Lipinski definition) is 4. The summed E-state index contributed by atoms with van der Waals surface area (Å²) in [7, 11) is 1.57. The highest BCUT2D eigenvalue weighted by molar-refractivity contribution is 5.72. The number of nitrogens with one attached hydrogen (secondary N) is 1. The first-order valence-electron chi connectivity index (χ1n) is 6.05. The summed E-state index contributed by atoms with van der Waals surface area (Å²) in [5, 5.41) is 11.1. The van der Waals surface area contributed by atoms with Gasteiger partial charge in [-0.3, -0.25) is 4.57 Å². The molecule has 100 valence electrons. The standard InChI is InChI=1S/C12H14N4O3/c1-19-11-15-9-3-2-4-13-10(9)16(11)8-5-7(6-8)14-12(17)18/h2-4,7-8,14H,5-6H2,1H3,(H,17,18)/t7-,8-. The van der Waals surface area contributed by atoms with Gasteiger partial charge in [-0.15, -0.1) is 0 Å². The zero-order valence-corrected chi connectivity index (χ0v) is 10.4. The van der Waals surface area contributed by atoms with Crippen LogP contribution < -0.4 is 10.1 Å². The van der Waals surface area contributed by atoms with Crippen molar-refractivity contribution in [1.29, 1.82) is 0 Å². The van der Waals surface area contributed by atoms with Crippen molar-refractivity contribution in [2.75, 3.05) is 7.11 Å². The van der Waals surface area contributed by atoms with Crippen LogP contribution in [0.1, 0.15) is 18.9 Å². The lowest BCUT2D eigenvalue weighted by Gasteiger charge is -2.36. The van der Waals surface area contributed by atoms with Crippen molar-refractivity contribution in [2.45, 2.75) is 24.9 Å². The third kappa shape index (κ3) is 1.96. The van der Waals surface area contributed by atoms with Crippen LogP contribution in [0.3, 0.4) is 0 Å². The summed E-state index contributed by atoms with van der Waals surface area (Å²) in [6.45, 7) is 0. The van der Waals surface area contributed by atoms with Gasteiger partial charge in [0.2, 0.25) is 0 Å². The molecule has 0 aromatic carbocycles. The van der Waals surface area contributed by atoms with Crippen molar-refractivity contribution in [3.63, 3.8) is 0 Å². The van der Waals surface area contributed by atoms with Gasteiger partial charge in [0.05, 0.1) is 7.11 Å². The molecule has 1 aliphatic carbocycles. The van der Waals surface area contributed by atoms with E-state index in [0.717, 1.165) is 24.0 Å². The summed E-state index contributed by atoms with van der Waals surface area (Å²) in [5.41, 5.74) is 1.56. The van der Waals surface area contributed by atoms with Crippen LogP contribution in [0.4, 0.5) is 4.79 Å². The minimum Gasteiger partial charge on any atom is -0.468 e. The number of amides is 1. The summed E-state index contributed by atoms with van der Waals surface area (Å²) < 4.78 is 7.22. The molecule has 1 aliphatic rings. The number of rotatable bonds is 3. The Kier molecular flexibility index (Phi) is 2.73. The molecule has 2 aromatic rings. The average Bonchev–Trinajstić information content (AvgIpc) is 2.71. The van der Waals surface area contributed by atoms with Gasteiger partial charge in [-0.1, -0.05) is 0 Å². The zero-order valence-electron chi connectivity index (χ0n) is 10.4. The summed E-state index contributed by atoms with van der Waals surface area (Å²) in [6.07, 6.45) is 2.19. The van der Waals surface area contributed by atoms with Crippen LogP contribution in [0.2, 0.25) is 0 Å². The Balaban J connectivity index is 1.87. The second-order valence-electron chi connectivity index (χ2n) is 4.59. The number of fused-ring (bicyclic) bond motifs is 1. The lowest BCUT2D eigenvalue weighted by molar-refractivity contribution is 0.165. The van der Waals surface area contributed by atoms with Gasteiger partial charge in [0.25, 0.3) is 6.01 Å². The average molecular weight is 262 g/mol. The first-order chi connectivity index (χ1) is 9.19. The smallest absolute Gasteiger partial charge is 0.404 e. The fourth-order valence-electron chi connectivity index (χ4n) is 2.47. The number of carboxylic acid groups (broad SMARTS) is 1. The van der Waals surface area contributed by atoms with E-state index in [1.54, 1.807) is 13.3 Å². The van der Waals surface area contributed by atoms with Gasteiger partial charge in [-0.25, -0.2) is 9.78 Å². The van der Waals surface area contributed by atoms with Crippen molar-refractivity contribution < 1.29 is 14.6 Å². The maximum Gasteiger partial charge on any atom is 0.404 e. The van der Waals surface area contributed by atoms with E-state index in [2.05, 4.69) is 15.3 Å². The zero-order chi connectivity index (χ0) is 13.4. The fraction of sp³-hybridized carbons (Fsp3) is 0.417. The molecule has 0 saturated heterocycles. The van der Waals surface area contributed by atoms with E-state index in [0.29, 0.717) is 6.01 Å². The molecule has 19 heavy (non-hydrogen) atoms. The van der Waals surface area contributed by atoms with Gasteiger partial charge in [0.15, 0.2) is 5.65 Å². The Morgan fingerprint density at radius 1 is 1.58 bits per heavy atom. The second kappa shape index (κ2) is 4.42. The predicted octanol–water partition coefficient (Wildman–Crippen LogP) is 1.41. The van der Waals surface area contributed by atoms with Gasteiger partial charge in [-0.05, 0) is 25.0 Å². The Bertz CT molecular complexity index is 618. The largest absolute Gasteiger partial charge is 0.468 e. The first kappa shape index (κ1) is 11.8. The Morgan fingerprint density at radius 3 is 3.05 bits per heavy atom. The predicted molar refractivity (Wildman–Crippen MR) is 67.3 cm³/mol. The van der Waals surface area contributed by atoms with Crippen LogP contribution in [0.25, 0.3) is 11.2 Å². The van der Waals surface area contributed by atoms with E-state index in [-0.39, 0.29) is 12.1 Å². The number of carbonyl (C=O) groups is 1. The van der Waals surface area contributed by atoms with Gasteiger partial charge >= 0.3 is 6.09 Å². The Morgan fingerprint density at radius 2 is 2.37 bits per heavy atom. The fourth-order valence-corrected chi connectivity index (χ4v) is 2.47. The molecule has 0 radical (unpaired) electrons. The topological polar surface area (TPSA) is 89.3 Å². The van der Waals surface area contributed by atoms with Gasteiger partial charge in [0, 0.05) is 18.3 Å². The van der Waals surface area contributed by atoms with Gasteiger partial charge < -0.3 is 15.2 Å². The SMILES string of the molecule is COc1nc2cccnc2n1[C@H]1C[C@H](NC(=O)O)C1. The highest BCUT2D eigenvalue weighted by atomic mass is 16.5. The number of nitrogens with zero attached hydrogens (tertiary/aromatic N) is 3. The van der Waals surface area contributed by atoms with E-state index in [1.165, 1.54) is 0 Å². The minimum absolute atomic E-state index is 0.00614. The highest BCUT2D eigenvalue weighted by Gasteiger charge is 2.34. The molecule has 7 heteroatoms. The third-order valence-electron chi connectivity index (χ3n) is 3.40. The molecule has 2 N–H and O–H groups in total. The molecule has 0 atom stereocenters. The van der Waals surface area contributed by atoms with Crippen LogP contribution in [0, 0.1) is 0 Å². The quantitative estimate of drug-likeness (QED) is 0.873. The maximum absolute atomic E-state index is 10.6. The van der Waals surface area contributed by atoms with E-state index in [1.807, 2.05) is 16.7 Å². The molecule has 0 spiro atoms. The Hall–Kier alpha value is -2.31. The molecular formula is C12H14N4O3. The summed E-state index contributed by atoms with van der Waals surface area (Å²) in [4.78, 5) is 19.2. The van der Waals surface area contributed by atoms with Crippen LogP contribution in [-0.2, 0) is 0 Å². The number of aromatic nitrogens is 3. The highest BCUT2D eigenvalue weighted by Crippen LogP contribution is 2.37. The monoisotopic (exact) mass is 262 g/mol. The number of imidazole rings is 1. The molecule has 2 aromatic heterocycles. The van der Waals surface area contributed by atoms with Crippen molar-refractivity contribution in [3.05, 3.63) is 18.3 Å². The number of methoxy groups -OCH3 is 1. The summed E-state index contributed by atoms with van der Waals surface area (Å²) in [6, 6.07) is 4.40. The van der Waals surface area contributed by atoms with Crippen LogP contribution in [0.15, 0.2) is 18.3 Å². The molecule has 0 unspecified atom stereocenters. The van der Waals surface area contributed by atoms with Crippen LogP contribution in [0.5, 0.6) is 6.01 Å². The number of pyridine rings is 1. The van der Waals surface area contributed by atoms with E-state index >= 15 is 0 Å². The van der Waals surface area contributed by atoms with Gasteiger partial charge in [-0.2, -0.15) is 4.98 Å². The lowest BCUT2D eigenvalue weighted by atomic mass is 9.86. The number of hydrogen-bond donors (Lipinski definition) is 2. The molecule has 1 fully saturated rings. The van der Waals surface area contributed by atoms with Crippen molar-refractivity contribution in [3.8, 4) is 6.01 Å². The number of ether oxygens (including phenoxy) is 1. The normalized spacial score (nSPS) is 21.9. The van der Waals surface area contributed by atoms with Crippen LogP contribution in [-0.4, -0.2) is 38.9 Å². The molecule has 0 aliphatic heterocycles. The Labute approximate surface area is 109 Å². The second-order valence-corrected chi connectivity index (χ2v) is 4.59. The molecule has 1 saturated carbocycles. The third-order valence-corrected chi connectivity index (χ3v) is 3.40. The van der Waals surface area contributed by atoms with E-state index in [4.69, 9.17) is 9.84 Å². The summed E-state index contributed by atoms with van der Waals surface area (Å²) >= 11 is 0. The summed E-state index contributed by atoms with van der Waals surface area (Å²) in [5.74, 6) is 0. The maximum atomic E-state index is 10.6. The molecule has 2 heterocycles. The molecule has 0 bridgehead atoms. The van der Waals surface area contributed by atoms with Crippen molar-refractivity contribution in [2.24, 2.45) is 0 Å². The molecule has 1 amide bonds. The van der Waals surface area contributed by atoms with E-state index < -0.39 is 6.09 Å². The van der Waals surface area contributed by atoms with Crippen molar-refractivity contribution >= 4 is 17.3 Å².